The van der Waals surface area contributed by atoms with E-state index in [1.807, 2.05) is 26.0 Å². The van der Waals surface area contributed by atoms with E-state index in [1.54, 1.807) is 0 Å². The minimum absolute atomic E-state index is 0. The molecule has 1 heterocycles. The number of nitrogens with one attached hydrogen (secondary N) is 1. The highest BCUT2D eigenvalue weighted by Gasteiger charge is 2.36. The molecule has 0 aliphatic carbocycles. The highest BCUT2D eigenvalue weighted by Crippen LogP contribution is 2.44. The van der Waals surface area contributed by atoms with Gasteiger partial charge in [-0.05, 0) is 17.7 Å². The molecular formula is C17H29ClN2O4. The van der Waals surface area contributed by atoms with Crippen molar-refractivity contribution in [1.82, 2.24) is 10.2 Å². The second-order valence-electron chi connectivity index (χ2n) is 6.61. The van der Waals surface area contributed by atoms with Crippen LogP contribution in [0.5, 0.6) is 17.2 Å². The molecule has 3 N–H and O–H groups in total. The van der Waals surface area contributed by atoms with E-state index in [-0.39, 0.29) is 36.2 Å². The van der Waals surface area contributed by atoms with Crippen LogP contribution in [-0.2, 0) is 0 Å². The summed E-state index contributed by atoms with van der Waals surface area (Å²) in [5.41, 5.74) is 0.627. The number of phenols is 1. The van der Waals surface area contributed by atoms with Crippen LogP contribution >= 0.6 is 12.4 Å². The van der Waals surface area contributed by atoms with E-state index in [4.69, 9.17) is 9.47 Å². The first kappa shape index (κ1) is 20.8. The van der Waals surface area contributed by atoms with Gasteiger partial charge in [-0.3, -0.25) is 4.90 Å². The number of ether oxygens (including phenoxy) is 2. The molecule has 138 valence electrons. The van der Waals surface area contributed by atoms with E-state index in [2.05, 4.69) is 10.2 Å². The van der Waals surface area contributed by atoms with Crippen LogP contribution in [0.2, 0.25) is 0 Å². The summed E-state index contributed by atoms with van der Waals surface area (Å²) in [5, 5.41) is 23.4. The van der Waals surface area contributed by atoms with E-state index >= 15 is 0 Å². The third-order valence-electron chi connectivity index (χ3n) is 4.48. The molecule has 1 saturated heterocycles. The standard InChI is InChI=1S/C17H28N2O4.ClH/c1-17(2,11-20)16(19-7-5-18-6-8-19)12-9-13(22-3)15(21)14(10-12)23-4;/h9-10,16,18,20-21H,5-8,11H2,1-4H3;1H/t16-;/m1./s1. The van der Waals surface area contributed by atoms with Gasteiger partial charge in [-0.2, -0.15) is 0 Å². The van der Waals surface area contributed by atoms with Gasteiger partial charge in [0.05, 0.1) is 14.2 Å². The molecule has 6 nitrogen and oxygen atoms in total. The molecule has 2 rings (SSSR count). The summed E-state index contributed by atoms with van der Waals surface area (Å²) in [6, 6.07) is 3.67. The minimum atomic E-state index is -0.343. The Kier molecular flexibility index (Phi) is 7.60. The van der Waals surface area contributed by atoms with E-state index < -0.39 is 0 Å². The zero-order chi connectivity index (χ0) is 17.0. The molecular weight excluding hydrogens is 332 g/mol. The Bertz CT molecular complexity index is 508. The van der Waals surface area contributed by atoms with Crippen molar-refractivity contribution in [1.29, 1.82) is 0 Å². The second-order valence-corrected chi connectivity index (χ2v) is 6.61. The number of halogens is 1. The summed E-state index contributed by atoms with van der Waals surface area (Å²) in [7, 11) is 3.05. The molecule has 0 spiro atoms. The van der Waals surface area contributed by atoms with Crippen LogP contribution in [0.15, 0.2) is 12.1 Å². The van der Waals surface area contributed by atoms with Crippen LogP contribution < -0.4 is 14.8 Å². The van der Waals surface area contributed by atoms with Crippen molar-refractivity contribution >= 4 is 12.4 Å². The third-order valence-corrected chi connectivity index (χ3v) is 4.48. The average molecular weight is 361 g/mol. The van der Waals surface area contributed by atoms with Crippen LogP contribution in [0.4, 0.5) is 0 Å². The molecule has 0 unspecified atom stereocenters. The van der Waals surface area contributed by atoms with Crippen LogP contribution in [0.1, 0.15) is 25.5 Å². The maximum Gasteiger partial charge on any atom is 0.200 e. The largest absolute Gasteiger partial charge is 0.502 e. The highest BCUT2D eigenvalue weighted by molar-refractivity contribution is 5.85. The van der Waals surface area contributed by atoms with Crippen LogP contribution in [0, 0.1) is 5.41 Å². The summed E-state index contributed by atoms with van der Waals surface area (Å²) in [6.07, 6.45) is 0. The van der Waals surface area contributed by atoms with Crippen molar-refractivity contribution in [3.05, 3.63) is 17.7 Å². The summed E-state index contributed by atoms with van der Waals surface area (Å²) in [4.78, 5) is 2.36. The zero-order valence-corrected chi connectivity index (χ0v) is 15.7. The lowest BCUT2D eigenvalue weighted by atomic mass is 9.79. The molecule has 0 saturated carbocycles. The number of hydrogen-bond acceptors (Lipinski definition) is 6. The number of hydrogen-bond donors (Lipinski definition) is 3. The Morgan fingerprint density at radius 1 is 1.17 bits per heavy atom. The van der Waals surface area contributed by atoms with Crippen LogP contribution in [0.3, 0.4) is 0 Å². The fraction of sp³-hybridized carbons (Fsp3) is 0.647. The van der Waals surface area contributed by atoms with Crippen molar-refractivity contribution in [3.8, 4) is 17.2 Å². The fourth-order valence-electron chi connectivity index (χ4n) is 3.25. The van der Waals surface area contributed by atoms with Crippen molar-refractivity contribution in [3.63, 3.8) is 0 Å². The Labute approximate surface area is 150 Å². The molecule has 7 heteroatoms. The number of benzene rings is 1. The number of aliphatic hydroxyl groups excluding tert-OH is 1. The van der Waals surface area contributed by atoms with Gasteiger partial charge in [-0.25, -0.2) is 0 Å². The minimum Gasteiger partial charge on any atom is -0.502 e. The van der Waals surface area contributed by atoms with Crippen molar-refractivity contribution in [2.24, 2.45) is 5.41 Å². The van der Waals surface area contributed by atoms with E-state index in [0.29, 0.717) is 11.5 Å². The number of methoxy groups -OCH3 is 2. The Balaban J connectivity index is 0.00000288. The molecule has 1 aromatic rings. The SMILES string of the molecule is COc1cc([C@@H](N2CCNCC2)C(C)(C)CO)cc(OC)c1O.Cl. The first-order valence-corrected chi connectivity index (χ1v) is 7.95. The van der Waals surface area contributed by atoms with Gasteiger partial charge in [0.15, 0.2) is 11.5 Å². The lowest BCUT2D eigenvalue weighted by Crippen LogP contribution is -2.49. The average Bonchev–Trinajstić information content (AvgIpc) is 2.57. The Morgan fingerprint density at radius 3 is 2.08 bits per heavy atom. The fourth-order valence-corrected chi connectivity index (χ4v) is 3.25. The Morgan fingerprint density at radius 2 is 1.67 bits per heavy atom. The van der Waals surface area contributed by atoms with Gasteiger partial charge in [-0.1, -0.05) is 13.8 Å². The highest BCUT2D eigenvalue weighted by atomic mass is 35.5. The zero-order valence-electron chi connectivity index (χ0n) is 14.8. The molecule has 1 fully saturated rings. The van der Waals surface area contributed by atoms with Gasteiger partial charge >= 0.3 is 0 Å². The second kappa shape index (κ2) is 8.76. The van der Waals surface area contributed by atoms with Gasteiger partial charge < -0.3 is 25.0 Å². The molecule has 0 amide bonds. The van der Waals surface area contributed by atoms with Crippen molar-refractivity contribution in [2.45, 2.75) is 19.9 Å². The summed E-state index contributed by atoms with van der Waals surface area (Å²) in [5.74, 6) is 0.765. The molecule has 0 aromatic heterocycles. The predicted octanol–water partition coefficient (Wildman–Crippen LogP) is 1.80. The number of aliphatic hydroxyl groups is 1. The van der Waals surface area contributed by atoms with Crippen LogP contribution in [-0.4, -0.2) is 62.1 Å². The van der Waals surface area contributed by atoms with E-state index in [1.165, 1.54) is 14.2 Å². The topological polar surface area (TPSA) is 74.2 Å². The predicted molar refractivity (Wildman–Crippen MR) is 96.5 cm³/mol. The molecule has 1 aliphatic heterocycles. The quantitative estimate of drug-likeness (QED) is 0.718. The lowest BCUT2D eigenvalue weighted by Gasteiger charge is -2.43. The van der Waals surface area contributed by atoms with Crippen LogP contribution in [0.25, 0.3) is 0 Å². The smallest absolute Gasteiger partial charge is 0.200 e. The van der Waals surface area contributed by atoms with Gasteiger partial charge in [0, 0.05) is 44.2 Å². The lowest BCUT2D eigenvalue weighted by molar-refractivity contribution is 0.0303. The number of nitrogens with zero attached hydrogens (tertiary/aromatic N) is 1. The molecule has 0 radical (unpaired) electrons. The number of phenolic OH excluding ortho intramolecular Hbond substituents is 1. The van der Waals surface area contributed by atoms with Crippen molar-refractivity contribution in [2.75, 3.05) is 47.0 Å². The normalized spacial score (nSPS) is 17.0. The summed E-state index contributed by atoms with van der Waals surface area (Å²) >= 11 is 0. The molecule has 24 heavy (non-hydrogen) atoms. The monoisotopic (exact) mass is 360 g/mol. The number of rotatable bonds is 6. The van der Waals surface area contributed by atoms with Crippen molar-refractivity contribution < 1.29 is 19.7 Å². The number of piperazine rings is 1. The van der Waals surface area contributed by atoms with E-state index in [0.717, 1.165) is 31.7 Å². The van der Waals surface area contributed by atoms with E-state index in [9.17, 15) is 10.2 Å². The molecule has 0 bridgehead atoms. The summed E-state index contributed by atoms with van der Waals surface area (Å²) in [6.45, 7) is 7.80. The third kappa shape index (κ3) is 4.25. The number of aromatic hydroxyl groups is 1. The maximum absolute atomic E-state index is 10.1. The van der Waals surface area contributed by atoms with Gasteiger partial charge in [-0.15, -0.1) is 12.4 Å². The molecule has 1 atom stereocenters. The van der Waals surface area contributed by atoms with Gasteiger partial charge in [0.1, 0.15) is 0 Å². The first-order chi connectivity index (χ1) is 10.9. The molecule has 1 aromatic carbocycles. The van der Waals surface area contributed by atoms with Gasteiger partial charge in [0.2, 0.25) is 5.75 Å². The molecule has 1 aliphatic rings. The maximum atomic E-state index is 10.1. The van der Waals surface area contributed by atoms with Gasteiger partial charge in [0.25, 0.3) is 0 Å². The Hall–Kier alpha value is -1.21. The summed E-state index contributed by atoms with van der Waals surface area (Å²) < 4.78 is 10.6. The first-order valence-electron chi connectivity index (χ1n) is 7.95.